The molecule has 0 aliphatic carbocycles. The molecule has 2 aliphatic heterocycles. The van der Waals surface area contributed by atoms with E-state index in [-0.39, 0.29) is 6.09 Å². The summed E-state index contributed by atoms with van der Waals surface area (Å²) in [5.74, 6) is 0. The minimum absolute atomic E-state index is 0.180. The maximum Gasteiger partial charge on any atom is 0.410 e. The molecule has 2 heterocycles. The van der Waals surface area contributed by atoms with Crippen LogP contribution in [-0.4, -0.2) is 66.3 Å². The molecule has 0 aromatic rings. The summed E-state index contributed by atoms with van der Waals surface area (Å²) in [6.45, 7) is 12.5. The first-order valence-corrected chi connectivity index (χ1v) is 6.81. The number of carbonyl (C=O) groups is 1. The number of piperazine rings is 2. The molecule has 0 aromatic carbocycles. The highest BCUT2D eigenvalue weighted by Gasteiger charge is 2.35. The lowest BCUT2D eigenvalue weighted by atomic mass is 10.1. The molecule has 0 radical (unpaired) electrons. The van der Waals surface area contributed by atoms with Gasteiger partial charge < -0.3 is 15.0 Å². The summed E-state index contributed by atoms with van der Waals surface area (Å²) in [5, 5.41) is 3.42. The lowest BCUT2D eigenvalue weighted by molar-refractivity contribution is -0.00977. The van der Waals surface area contributed by atoms with Crippen LogP contribution in [0.5, 0.6) is 0 Å². The highest BCUT2D eigenvalue weighted by Crippen LogP contribution is 2.18. The van der Waals surface area contributed by atoms with E-state index in [1.165, 1.54) is 0 Å². The molecule has 0 saturated carbocycles. The van der Waals surface area contributed by atoms with E-state index < -0.39 is 5.60 Å². The first-order valence-electron chi connectivity index (χ1n) is 6.81. The molecule has 2 saturated heterocycles. The monoisotopic (exact) mass is 255 g/mol. The molecule has 2 atom stereocenters. The molecule has 0 aromatic heterocycles. The number of fused-ring (bicyclic) bond motifs is 1. The van der Waals surface area contributed by atoms with E-state index in [0.717, 1.165) is 32.7 Å². The molecule has 5 heteroatoms. The average molecular weight is 255 g/mol. The number of hydrogen-bond donors (Lipinski definition) is 1. The van der Waals surface area contributed by atoms with Gasteiger partial charge in [0.2, 0.25) is 0 Å². The van der Waals surface area contributed by atoms with Gasteiger partial charge in [0.05, 0.1) is 0 Å². The second-order valence-corrected chi connectivity index (χ2v) is 6.33. The zero-order valence-electron chi connectivity index (χ0n) is 11.9. The maximum atomic E-state index is 12.0. The smallest absolute Gasteiger partial charge is 0.410 e. The third-order valence-electron chi connectivity index (χ3n) is 3.57. The van der Waals surface area contributed by atoms with Crippen molar-refractivity contribution in [3.8, 4) is 0 Å². The van der Waals surface area contributed by atoms with E-state index in [2.05, 4.69) is 17.1 Å². The Bertz CT molecular complexity index is 314. The van der Waals surface area contributed by atoms with E-state index in [1.54, 1.807) is 0 Å². The number of carbonyl (C=O) groups excluding carboxylic acids is 1. The van der Waals surface area contributed by atoms with Crippen LogP contribution in [-0.2, 0) is 4.74 Å². The van der Waals surface area contributed by atoms with Gasteiger partial charge in [0.1, 0.15) is 5.60 Å². The van der Waals surface area contributed by atoms with Gasteiger partial charge in [-0.1, -0.05) is 0 Å². The molecule has 2 rings (SSSR count). The Labute approximate surface area is 109 Å². The fourth-order valence-electron chi connectivity index (χ4n) is 2.70. The van der Waals surface area contributed by atoms with Gasteiger partial charge in [-0.25, -0.2) is 4.79 Å². The Hall–Kier alpha value is -0.810. The summed E-state index contributed by atoms with van der Waals surface area (Å²) in [6.07, 6.45) is -0.180. The SMILES string of the molecule is C[C@@H]1CNC[C@@H]2CN(C(=O)OC(C)(C)C)CCN21. The zero-order chi connectivity index (χ0) is 13.3. The van der Waals surface area contributed by atoms with Crippen LogP contribution in [0.15, 0.2) is 0 Å². The molecule has 0 spiro atoms. The molecule has 104 valence electrons. The zero-order valence-corrected chi connectivity index (χ0v) is 11.9. The molecule has 18 heavy (non-hydrogen) atoms. The third-order valence-corrected chi connectivity index (χ3v) is 3.57. The summed E-state index contributed by atoms with van der Waals surface area (Å²) in [7, 11) is 0. The molecule has 0 bridgehead atoms. The maximum absolute atomic E-state index is 12.0. The first-order chi connectivity index (χ1) is 8.37. The van der Waals surface area contributed by atoms with Crippen molar-refractivity contribution in [2.24, 2.45) is 0 Å². The van der Waals surface area contributed by atoms with Gasteiger partial charge in [-0.05, 0) is 27.7 Å². The van der Waals surface area contributed by atoms with Gasteiger partial charge in [0.25, 0.3) is 0 Å². The Morgan fingerprint density at radius 3 is 2.67 bits per heavy atom. The van der Waals surface area contributed by atoms with Crippen molar-refractivity contribution < 1.29 is 9.53 Å². The number of nitrogens with one attached hydrogen (secondary N) is 1. The third kappa shape index (κ3) is 3.14. The summed E-state index contributed by atoms with van der Waals surface area (Å²) in [5.41, 5.74) is -0.410. The number of nitrogens with zero attached hydrogens (tertiary/aromatic N) is 2. The molecule has 1 N–H and O–H groups in total. The Kier molecular flexibility index (Phi) is 3.82. The largest absolute Gasteiger partial charge is 0.444 e. The quantitative estimate of drug-likeness (QED) is 0.698. The van der Waals surface area contributed by atoms with Gasteiger partial charge in [-0.15, -0.1) is 0 Å². The topological polar surface area (TPSA) is 44.8 Å². The number of hydrogen-bond acceptors (Lipinski definition) is 4. The van der Waals surface area contributed by atoms with E-state index in [1.807, 2.05) is 25.7 Å². The highest BCUT2D eigenvalue weighted by atomic mass is 16.6. The lowest BCUT2D eigenvalue weighted by Crippen LogP contribution is -2.65. The Morgan fingerprint density at radius 2 is 2.00 bits per heavy atom. The van der Waals surface area contributed by atoms with Crippen LogP contribution in [0.3, 0.4) is 0 Å². The number of ether oxygens (including phenoxy) is 1. The van der Waals surface area contributed by atoms with Crippen LogP contribution < -0.4 is 5.32 Å². The standard InChI is InChI=1S/C13H25N3O2/c1-10-7-14-8-11-9-15(5-6-16(10)11)12(17)18-13(2,3)4/h10-11,14H,5-9H2,1-4H3/t10-,11-/m1/s1. The molecule has 2 aliphatic rings. The predicted octanol–water partition coefficient (Wildman–Crippen LogP) is 0.899. The van der Waals surface area contributed by atoms with Crippen LogP contribution in [0.2, 0.25) is 0 Å². The van der Waals surface area contributed by atoms with Gasteiger partial charge >= 0.3 is 6.09 Å². The fourth-order valence-corrected chi connectivity index (χ4v) is 2.70. The molecular formula is C13H25N3O2. The van der Waals surface area contributed by atoms with Crippen molar-refractivity contribution in [1.82, 2.24) is 15.1 Å². The highest BCUT2D eigenvalue weighted by molar-refractivity contribution is 5.68. The predicted molar refractivity (Wildman–Crippen MR) is 70.6 cm³/mol. The minimum Gasteiger partial charge on any atom is -0.444 e. The lowest BCUT2D eigenvalue weighted by Gasteiger charge is -2.47. The summed E-state index contributed by atoms with van der Waals surface area (Å²) >= 11 is 0. The van der Waals surface area contributed by atoms with Crippen molar-refractivity contribution in [3.63, 3.8) is 0 Å². The van der Waals surface area contributed by atoms with Crippen LogP contribution in [0.4, 0.5) is 4.79 Å². The van der Waals surface area contributed by atoms with Crippen molar-refractivity contribution in [1.29, 1.82) is 0 Å². The molecule has 1 amide bonds. The summed E-state index contributed by atoms with van der Waals surface area (Å²) in [6, 6.07) is 0.986. The molecule has 0 unspecified atom stereocenters. The van der Waals surface area contributed by atoms with Crippen LogP contribution in [0.25, 0.3) is 0 Å². The van der Waals surface area contributed by atoms with Crippen molar-refractivity contribution in [2.75, 3.05) is 32.7 Å². The van der Waals surface area contributed by atoms with Crippen LogP contribution in [0, 0.1) is 0 Å². The van der Waals surface area contributed by atoms with E-state index in [9.17, 15) is 4.79 Å². The van der Waals surface area contributed by atoms with Gasteiger partial charge in [0, 0.05) is 44.8 Å². The van der Waals surface area contributed by atoms with Crippen LogP contribution >= 0.6 is 0 Å². The van der Waals surface area contributed by atoms with Crippen LogP contribution in [0.1, 0.15) is 27.7 Å². The second kappa shape index (κ2) is 5.05. The molecule has 5 nitrogen and oxygen atoms in total. The Morgan fingerprint density at radius 1 is 1.28 bits per heavy atom. The van der Waals surface area contributed by atoms with E-state index in [0.29, 0.717) is 12.1 Å². The Balaban J connectivity index is 1.92. The van der Waals surface area contributed by atoms with Crippen molar-refractivity contribution in [3.05, 3.63) is 0 Å². The molecular weight excluding hydrogens is 230 g/mol. The number of rotatable bonds is 0. The van der Waals surface area contributed by atoms with E-state index in [4.69, 9.17) is 4.74 Å². The van der Waals surface area contributed by atoms with Gasteiger partial charge in [-0.3, -0.25) is 4.90 Å². The normalized spacial score (nSPS) is 29.9. The van der Waals surface area contributed by atoms with E-state index >= 15 is 0 Å². The van der Waals surface area contributed by atoms with Gasteiger partial charge in [0.15, 0.2) is 0 Å². The van der Waals surface area contributed by atoms with Crippen molar-refractivity contribution in [2.45, 2.75) is 45.4 Å². The fraction of sp³-hybridized carbons (Fsp3) is 0.923. The first kappa shape index (κ1) is 13.6. The molecule has 2 fully saturated rings. The summed E-state index contributed by atoms with van der Waals surface area (Å²) < 4.78 is 5.43. The van der Waals surface area contributed by atoms with Gasteiger partial charge in [-0.2, -0.15) is 0 Å². The summed E-state index contributed by atoms with van der Waals surface area (Å²) in [4.78, 5) is 16.4. The second-order valence-electron chi connectivity index (χ2n) is 6.33. The average Bonchev–Trinajstić information content (AvgIpc) is 2.26. The number of amides is 1. The minimum atomic E-state index is -0.410. The van der Waals surface area contributed by atoms with Crippen molar-refractivity contribution >= 4 is 6.09 Å².